The molecule has 0 saturated heterocycles. The fraction of sp³-hybridized carbons (Fsp3) is 0.290. The van der Waals surface area contributed by atoms with Crippen molar-refractivity contribution in [3.05, 3.63) is 89.5 Å². The summed E-state index contributed by atoms with van der Waals surface area (Å²) >= 11 is 0. The van der Waals surface area contributed by atoms with Gasteiger partial charge >= 0.3 is 0 Å². The van der Waals surface area contributed by atoms with Crippen molar-refractivity contribution >= 4 is 34.5 Å². The van der Waals surface area contributed by atoms with E-state index in [9.17, 15) is 9.59 Å². The lowest BCUT2D eigenvalue weighted by atomic mass is 9.88. The lowest BCUT2D eigenvalue weighted by Crippen LogP contribution is -2.33. The number of imidazole rings is 1. The minimum Gasteiger partial charge on any atom is -0.315 e. The van der Waals surface area contributed by atoms with Gasteiger partial charge in [0, 0.05) is 30.8 Å². The number of carbonyl (C=O) groups excluding carboxylic acids is 2. The maximum absolute atomic E-state index is 13.1. The number of carbonyl (C=O) groups is 2. The number of hydrogen-bond acceptors (Lipinski definition) is 4. The molecule has 1 aliphatic carbocycles. The molecule has 4 aromatic rings. The Kier molecular flexibility index (Phi) is 7.50. The van der Waals surface area contributed by atoms with Crippen molar-refractivity contribution < 1.29 is 9.59 Å². The first-order valence-electron chi connectivity index (χ1n) is 13.2. The molecule has 0 aliphatic heterocycles. The zero-order valence-corrected chi connectivity index (χ0v) is 21.6. The number of aromatic nitrogens is 2. The molecule has 0 atom stereocenters. The van der Waals surface area contributed by atoms with Crippen LogP contribution in [0, 0.1) is 17.2 Å². The van der Waals surface area contributed by atoms with Crippen molar-refractivity contribution in [2.24, 2.45) is 5.92 Å². The van der Waals surface area contributed by atoms with Crippen LogP contribution in [-0.4, -0.2) is 28.4 Å². The number of anilines is 2. The Morgan fingerprint density at radius 3 is 2.47 bits per heavy atom. The van der Waals surface area contributed by atoms with Crippen LogP contribution in [0.3, 0.4) is 0 Å². The molecule has 2 amide bonds. The van der Waals surface area contributed by atoms with Gasteiger partial charge in [0.15, 0.2) is 0 Å². The largest absolute Gasteiger partial charge is 0.315 e. The molecule has 192 valence electrons. The molecule has 0 unspecified atom stereocenters. The van der Waals surface area contributed by atoms with Crippen LogP contribution < -0.4 is 10.2 Å². The Morgan fingerprint density at radius 2 is 1.76 bits per heavy atom. The summed E-state index contributed by atoms with van der Waals surface area (Å²) in [7, 11) is 1.83. The average Bonchev–Trinajstić information content (AvgIpc) is 3.32. The lowest BCUT2D eigenvalue weighted by Gasteiger charge is -2.26. The highest BCUT2D eigenvalue weighted by atomic mass is 16.2. The summed E-state index contributed by atoms with van der Waals surface area (Å²) in [6.07, 6.45) is 6.09. The van der Waals surface area contributed by atoms with Gasteiger partial charge in [0.05, 0.1) is 22.7 Å². The molecule has 0 spiro atoms. The molecule has 1 N–H and O–H groups in total. The van der Waals surface area contributed by atoms with E-state index in [0.717, 1.165) is 43.3 Å². The summed E-state index contributed by atoms with van der Waals surface area (Å²) in [6, 6.07) is 24.6. The molecule has 5 rings (SSSR count). The number of benzene rings is 3. The van der Waals surface area contributed by atoms with Crippen molar-refractivity contribution in [2.45, 2.75) is 45.1 Å². The molecule has 7 heteroatoms. The second-order valence-corrected chi connectivity index (χ2v) is 9.87. The third-order valence-corrected chi connectivity index (χ3v) is 7.37. The van der Waals surface area contributed by atoms with Crippen LogP contribution in [0.1, 0.15) is 53.6 Å². The number of rotatable bonds is 7. The molecule has 1 fully saturated rings. The number of amides is 2. The summed E-state index contributed by atoms with van der Waals surface area (Å²) < 4.78 is 2.01. The maximum atomic E-state index is 13.1. The van der Waals surface area contributed by atoms with Gasteiger partial charge in [0.1, 0.15) is 0 Å². The van der Waals surface area contributed by atoms with Crippen molar-refractivity contribution in [1.82, 2.24) is 9.55 Å². The van der Waals surface area contributed by atoms with E-state index in [1.54, 1.807) is 29.2 Å². The number of aryl methyl sites for hydroxylation is 2. The van der Waals surface area contributed by atoms with E-state index in [0.29, 0.717) is 29.1 Å². The van der Waals surface area contributed by atoms with Crippen LogP contribution in [0.2, 0.25) is 0 Å². The monoisotopic (exact) mass is 505 g/mol. The Hall–Kier alpha value is -4.44. The summed E-state index contributed by atoms with van der Waals surface area (Å²) in [5.74, 6) is 0.385. The molecule has 0 radical (unpaired) electrons. The number of nitrogens with one attached hydrogen (secondary N) is 1. The highest BCUT2D eigenvalue weighted by Gasteiger charge is 2.25. The van der Waals surface area contributed by atoms with Gasteiger partial charge in [-0.05, 0) is 67.3 Å². The van der Waals surface area contributed by atoms with Crippen LogP contribution in [0.25, 0.3) is 11.0 Å². The predicted molar refractivity (Wildman–Crippen MR) is 149 cm³/mol. The molecule has 7 nitrogen and oxygen atoms in total. The minimum absolute atomic E-state index is 0.0788. The van der Waals surface area contributed by atoms with Crippen LogP contribution in [-0.2, 0) is 17.8 Å². The van der Waals surface area contributed by atoms with Gasteiger partial charge in [0.25, 0.3) is 5.91 Å². The topological polar surface area (TPSA) is 91.0 Å². The lowest BCUT2D eigenvalue weighted by molar-refractivity contribution is -0.123. The van der Waals surface area contributed by atoms with E-state index < -0.39 is 0 Å². The zero-order valence-electron chi connectivity index (χ0n) is 21.6. The normalized spacial score (nSPS) is 13.7. The Balaban J connectivity index is 1.44. The second-order valence-electron chi connectivity index (χ2n) is 9.87. The highest BCUT2D eigenvalue weighted by molar-refractivity contribution is 6.04. The van der Waals surface area contributed by atoms with Gasteiger partial charge in [-0.25, -0.2) is 4.98 Å². The third-order valence-electron chi connectivity index (χ3n) is 7.37. The summed E-state index contributed by atoms with van der Waals surface area (Å²) in [4.78, 5) is 32.7. The molecule has 3 aromatic carbocycles. The number of nitrogens with zero attached hydrogens (tertiary/aromatic N) is 4. The van der Waals surface area contributed by atoms with Crippen LogP contribution in [0.4, 0.5) is 11.6 Å². The standard InChI is InChI=1S/C31H31N5O2/c1-35(30(38)25-10-6-3-7-11-25)26-16-17-28-27(20-26)33-31(36(28)19-18-22-8-4-2-5-9-22)34-29(37)24-14-12-23(21-32)13-15-24/h2,4-5,8-9,12-17,20,25H,3,6-7,10-11,18-19H2,1H3,(H,33,34,37). The number of hydrogen-bond donors (Lipinski definition) is 1. The summed E-state index contributed by atoms with van der Waals surface area (Å²) in [5.41, 5.74) is 4.53. The van der Waals surface area contributed by atoms with Crippen molar-refractivity contribution in [3.8, 4) is 6.07 Å². The SMILES string of the molecule is CN(C(=O)C1CCCCC1)c1ccc2c(c1)nc(NC(=O)c1ccc(C#N)cc1)n2CCc1ccccc1. The zero-order chi connectivity index (χ0) is 26.5. The maximum Gasteiger partial charge on any atom is 0.257 e. The molecule has 0 bridgehead atoms. The van der Waals surface area contributed by atoms with E-state index in [2.05, 4.69) is 23.5 Å². The molecule has 1 aromatic heterocycles. The van der Waals surface area contributed by atoms with E-state index in [1.807, 2.05) is 48.0 Å². The van der Waals surface area contributed by atoms with E-state index >= 15 is 0 Å². The van der Waals surface area contributed by atoms with Gasteiger partial charge in [0.2, 0.25) is 11.9 Å². The van der Waals surface area contributed by atoms with Crippen molar-refractivity contribution in [1.29, 1.82) is 5.26 Å². The fourth-order valence-electron chi connectivity index (χ4n) is 5.15. The molecule has 38 heavy (non-hydrogen) atoms. The first kappa shape index (κ1) is 25.2. The average molecular weight is 506 g/mol. The Bertz CT molecular complexity index is 1480. The number of fused-ring (bicyclic) bond motifs is 1. The summed E-state index contributed by atoms with van der Waals surface area (Å²) in [5, 5.41) is 12.0. The van der Waals surface area contributed by atoms with E-state index in [4.69, 9.17) is 10.2 Å². The fourth-order valence-corrected chi connectivity index (χ4v) is 5.15. The first-order valence-corrected chi connectivity index (χ1v) is 13.2. The van der Waals surface area contributed by atoms with E-state index in [1.165, 1.54) is 12.0 Å². The Labute approximate surface area is 222 Å². The van der Waals surface area contributed by atoms with Gasteiger partial charge in [-0.3, -0.25) is 14.9 Å². The molecular weight excluding hydrogens is 474 g/mol. The smallest absolute Gasteiger partial charge is 0.257 e. The Morgan fingerprint density at radius 1 is 1.03 bits per heavy atom. The van der Waals surface area contributed by atoms with Gasteiger partial charge in [-0.15, -0.1) is 0 Å². The van der Waals surface area contributed by atoms with Crippen molar-refractivity contribution in [3.63, 3.8) is 0 Å². The third kappa shape index (κ3) is 5.45. The van der Waals surface area contributed by atoms with Crippen LogP contribution in [0.5, 0.6) is 0 Å². The quantitative estimate of drug-likeness (QED) is 0.336. The highest BCUT2D eigenvalue weighted by Crippen LogP contribution is 2.29. The van der Waals surface area contributed by atoms with E-state index in [-0.39, 0.29) is 17.7 Å². The molecule has 1 heterocycles. The second kappa shape index (κ2) is 11.3. The van der Waals surface area contributed by atoms with Crippen molar-refractivity contribution in [2.75, 3.05) is 17.3 Å². The first-order chi connectivity index (χ1) is 18.5. The van der Waals surface area contributed by atoms with Crippen LogP contribution >= 0.6 is 0 Å². The van der Waals surface area contributed by atoms with Gasteiger partial charge in [-0.1, -0.05) is 49.6 Å². The molecule has 1 aliphatic rings. The molecular formula is C31H31N5O2. The van der Waals surface area contributed by atoms with Gasteiger partial charge in [-0.2, -0.15) is 5.26 Å². The minimum atomic E-state index is -0.296. The number of nitriles is 1. The van der Waals surface area contributed by atoms with Crippen LogP contribution in [0.15, 0.2) is 72.8 Å². The summed E-state index contributed by atoms with van der Waals surface area (Å²) in [6.45, 7) is 0.625. The predicted octanol–water partition coefficient (Wildman–Crippen LogP) is 5.95. The molecule has 1 saturated carbocycles. The van der Waals surface area contributed by atoms with Gasteiger partial charge < -0.3 is 9.47 Å².